The molecule has 0 saturated carbocycles. The van der Waals surface area contributed by atoms with Crippen LogP contribution in [-0.4, -0.2) is 7.05 Å². The lowest BCUT2D eigenvalue weighted by atomic mass is 10.0. The Morgan fingerprint density at radius 1 is 0.812 bits per heavy atom. The Kier molecular flexibility index (Phi) is 4.55. The third-order valence-electron chi connectivity index (χ3n) is 2.32. The van der Waals surface area contributed by atoms with Gasteiger partial charge in [-0.2, -0.15) is 0 Å². The minimum absolute atomic E-state index is 0.830. The van der Waals surface area contributed by atoms with Gasteiger partial charge in [-0.15, -0.1) is 0 Å². The fraction of sp³-hybridized carbons (Fsp3) is 0.143. The standard InChI is InChI=1S/C13H13N.CH5N/c1-10-6-8-11(9-7-10)12-4-2-3-5-13(12)14;1-2/h2-9H,14H2,1H3;2H2,1H3. The van der Waals surface area contributed by atoms with E-state index >= 15 is 0 Å². The molecule has 0 aromatic heterocycles. The zero-order valence-electron chi connectivity index (χ0n) is 9.77. The molecule has 84 valence electrons. The average Bonchev–Trinajstić information content (AvgIpc) is 2.34. The van der Waals surface area contributed by atoms with E-state index in [0.717, 1.165) is 11.3 Å². The number of aryl methyl sites for hydroxylation is 1. The molecule has 0 amide bonds. The molecule has 16 heavy (non-hydrogen) atoms. The molecule has 0 aliphatic heterocycles. The van der Waals surface area contributed by atoms with E-state index in [2.05, 4.69) is 36.9 Å². The van der Waals surface area contributed by atoms with Gasteiger partial charge in [0, 0.05) is 11.3 Å². The van der Waals surface area contributed by atoms with Crippen LogP contribution in [0.1, 0.15) is 5.56 Å². The highest BCUT2D eigenvalue weighted by Gasteiger charge is 1.99. The summed E-state index contributed by atoms with van der Waals surface area (Å²) in [6.45, 7) is 2.08. The molecule has 0 aliphatic carbocycles. The summed E-state index contributed by atoms with van der Waals surface area (Å²) < 4.78 is 0. The van der Waals surface area contributed by atoms with Gasteiger partial charge in [0.25, 0.3) is 0 Å². The van der Waals surface area contributed by atoms with Crippen LogP contribution in [0.3, 0.4) is 0 Å². The molecule has 2 rings (SSSR count). The van der Waals surface area contributed by atoms with Gasteiger partial charge >= 0.3 is 0 Å². The molecule has 2 nitrogen and oxygen atoms in total. The Morgan fingerprint density at radius 2 is 1.38 bits per heavy atom. The Bertz CT molecular complexity index is 433. The normalized spacial score (nSPS) is 9.19. The van der Waals surface area contributed by atoms with Crippen molar-refractivity contribution >= 4 is 5.69 Å². The van der Waals surface area contributed by atoms with Crippen molar-refractivity contribution in [2.75, 3.05) is 12.8 Å². The summed E-state index contributed by atoms with van der Waals surface area (Å²) >= 11 is 0. The maximum Gasteiger partial charge on any atom is 0.0393 e. The molecule has 0 aliphatic rings. The fourth-order valence-electron chi connectivity index (χ4n) is 1.49. The van der Waals surface area contributed by atoms with Crippen LogP contribution in [0.25, 0.3) is 11.1 Å². The van der Waals surface area contributed by atoms with Crippen LogP contribution in [-0.2, 0) is 0 Å². The Morgan fingerprint density at radius 3 is 1.94 bits per heavy atom. The number of anilines is 1. The molecule has 0 unspecified atom stereocenters. The predicted octanol–water partition coefficient (Wildman–Crippen LogP) is 2.82. The molecule has 2 aromatic carbocycles. The fourth-order valence-corrected chi connectivity index (χ4v) is 1.49. The van der Waals surface area contributed by atoms with Gasteiger partial charge in [-0.1, -0.05) is 48.0 Å². The molecule has 0 heterocycles. The van der Waals surface area contributed by atoms with Crippen LogP contribution in [0.4, 0.5) is 5.69 Å². The summed E-state index contributed by atoms with van der Waals surface area (Å²) in [5.41, 5.74) is 14.8. The van der Waals surface area contributed by atoms with E-state index in [4.69, 9.17) is 5.73 Å². The highest BCUT2D eigenvalue weighted by atomic mass is 14.6. The molecular formula is C14H18N2. The Balaban J connectivity index is 0.000000606. The molecule has 0 atom stereocenters. The van der Waals surface area contributed by atoms with Gasteiger partial charge in [0.1, 0.15) is 0 Å². The van der Waals surface area contributed by atoms with Gasteiger partial charge in [0.2, 0.25) is 0 Å². The van der Waals surface area contributed by atoms with Crippen molar-refractivity contribution in [1.29, 1.82) is 0 Å². The molecule has 0 spiro atoms. The van der Waals surface area contributed by atoms with Crippen molar-refractivity contribution in [2.24, 2.45) is 5.73 Å². The van der Waals surface area contributed by atoms with E-state index in [1.807, 2.05) is 24.3 Å². The minimum atomic E-state index is 0.830. The van der Waals surface area contributed by atoms with Crippen molar-refractivity contribution in [1.82, 2.24) is 0 Å². The van der Waals surface area contributed by atoms with Crippen LogP contribution in [0.2, 0.25) is 0 Å². The predicted molar refractivity (Wildman–Crippen MR) is 71.1 cm³/mol. The number of hydrogen-bond donors (Lipinski definition) is 2. The lowest BCUT2D eigenvalue weighted by Gasteiger charge is -2.05. The van der Waals surface area contributed by atoms with E-state index in [0.29, 0.717) is 0 Å². The summed E-state index contributed by atoms with van der Waals surface area (Å²) in [6.07, 6.45) is 0. The maximum atomic E-state index is 5.89. The molecule has 0 fully saturated rings. The minimum Gasteiger partial charge on any atom is -0.398 e. The molecular weight excluding hydrogens is 196 g/mol. The summed E-state index contributed by atoms with van der Waals surface area (Å²) in [5.74, 6) is 0. The quantitative estimate of drug-likeness (QED) is 0.717. The first kappa shape index (κ1) is 12.3. The first-order valence-electron chi connectivity index (χ1n) is 5.26. The second-order valence-electron chi connectivity index (χ2n) is 3.45. The average molecular weight is 214 g/mol. The van der Waals surface area contributed by atoms with E-state index in [9.17, 15) is 0 Å². The van der Waals surface area contributed by atoms with Crippen LogP contribution in [0, 0.1) is 6.92 Å². The molecule has 0 radical (unpaired) electrons. The van der Waals surface area contributed by atoms with Gasteiger partial charge in [-0.05, 0) is 25.6 Å². The Labute approximate surface area is 96.9 Å². The van der Waals surface area contributed by atoms with E-state index in [1.54, 1.807) is 0 Å². The van der Waals surface area contributed by atoms with Crippen molar-refractivity contribution in [3.05, 3.63) is 54.1 Å². The van der Waals surface area contributed by atoms with Crippen molar-refractivity contribution in [2.45, 2.75) is 6.92 Å². The number of rotatable bonds is 1. The zero-order chi connectivity index (χ0) is 12.0. The van der Waals surface area contributed by atoms with E-state index in [-0.39, 0.29) is 0 Å². The maximum absolute atomic E-state index is 5.89. The van der Waals surface area contributed by atoms with Gasteiger partial charge in [0.15, 0.2) is 0 Å². The molecule has 2 aromatic rings. The highest BCUT2D eigenvalue weighted by molar-refractivity contribution is 5.76. The van der Waals surface area contributed by atoms with E-state index in [1.165, 1.54) is 18.2 Å². The first-order valence-corrected chi connectivity index (χ1v) is 5.26. The third-order valence-corrected chi connectivity index (χ3v) is 2.32. The van der Waals surface area contributed by atoms with E-state index < -0.39 is 0 Å². The van der Waals surface area contributed by atoms with Gasteiger partial charge in [-0.3, -0.25) is 0 Å². The van der Waals surface area contributed by atoms with Crippen LogP contribution >= 0.6 is 0 Å². The Hall–Kier alpha value is -1.80. The SMILES string of the molecule is CN.Cc1ccc(-c2ccccc2N)cc1. The number of hydrogen-bond acceptors (Lipinski definition) is 2. The van der Waals surface area contributed by atoms with Crippen LogP contribution in [0.15, 0.2) is 48.5 Å². The molecule has 2 heteroatoms. The zero-order valence-corrected chi connectivity index (χ0v) is 9.77. The van der Waals surface area contributed by atoms with Crippen molar-refractivity contribution in [3.8, 4) is 11.1 Å². The van der Waals surface area contributed by atoms with Gasteiger partial charge in [-0.25, -0.2) is 0 Å². The van der Waals surface area contributed by atoms with Gasteiger partial charge < -0.3 is 11.5 Å². The highest BCUT2D eigenvalue weighted by Crippen LogP contribution is 2.25. The monoisotopic (exact) mass is 214 g/mol. The number of benzene rings is 2. The largest absolute Gasteiger partial charge is 0.398 e. The first-order chi connectivity index (χ1) is 7.77. The number of nitrogens with two attached hydrogens (primary N) is 2. The van der Waals surface area contributed by atoms with Crippen LogP contribution in [0.5, 0.6) is 0 Å². The summed E-state index contributed by atoms with van der Waals surface area (Å²) in [4.78, 5) is 0. The molecule has 0 bridgehead atoms. The van der Waals surface area contributed by atoms with Crippen molar-refractivity contribution in [3.63, 3.8) is 0 Å². The third kappa shape index (κ3) is 2.84. The topological polar surface area (TPSA) is 52.0 Å². The summed E-state index contributed by atoms with van der Waals surface area (Å²) in [5, 5.41) is 0. The second kappa shape index (κ2) is 5.93. The second-order valence-corrected chi connectivity index (χ2v) is 3.45. The number of nitrogen functional groups attached to an aromatic ring is 1. The van der Waals surface area contributed by atoms with Crippen molar-refractivity contribution < 1.29 is 0 Å². The molecule has 0 saturated heterocycles. The lowest BCUT2D eigenvalue weighted by Crippen LogP contribution is -1.88. The van der Waals surface area contributed by atoms with Gasteiger partial charge in [0.05, 0.1) is 0 Å². The number of para-hydroxylation sites is 1. The summed E-state index contributed by atoms with van der Waals surface area (Å²) in [7, 11) is 1.50. The summed E-state index contributed by atoms with van der Waals surface area (Å²) in [6, 6.07) is 16.3. The lowest BCUT2D eigenvalue weighted by molar-refractivity contribution is 1.47. The van der Waals surface area contributed by atoms with Crippen LogP contribution < -0.4 is 11.5 Å². The molecule has 4 N–H and O–H groups in total. The smallest absolute Gasteiger partial charge is 0.0393 e.